The molecule has 2 aromatic rings. The van der Waals surface area contributed by atoms with Crippen LogP contribution in [0.1, 0.15) is 36.8 Å². The van der Waals surface area contributed by atoms with Gasteiger partial charge in [0.05, 0.1) is 5.92 Å². The Hall–Kier alpha value is -3.15. The summed E-state index contributed by atoms with van der Waals surface area (Å²) in [7, 11) is 0. The highest BCUT2D eigenvalue weighted by molar-refractivity contribution is 6.00. The van der Waals surface area contributed by atoms with Crippen molar-refractivity contribution in [3.63, 3.8) is 0 Å². The molecule has 6 heteroatoms. The Balaban J connectivity index is 1.14. The molecule has 1 N–H and O–H groups in total. The highest BCUT2D eigenvalue weighted by Crippen LogP contribution is 2.29. The molecule has 166 valence electrons. The number of benzene rings is 2. The summed E-state index contributed by atoms with van der Waals surface area (Å²) in [4.78, 5) is 41.8. The molecule has 2 aliphatic heterocycles. The third-order valence-corrected chi connectivity index (χ3v) is 7.09. The normalized spacial score (nSPS) is 21.0. The Bertz CT molecular complexity index is 1030. The van der Waals surface area contributed by atoms with Gasteiger partial charge in [-0.15, -0.1) is 0 Å². The van der Waals surface area contributed by atoms with E-state index < -0.39 is 0 Å². The minimum atomic E-state index is -0.306. The number of carbonyl (C=O) groups is 3. The molecular formula is C26H29N3O3. The summed E-state index contributed by atoms with van der Waals surface area (Å²) in [6.07, 6.45) is 4.98. The predicted molar refractivity (Wildman–Crippen MR) is 123 cm³/mol. The maximum Gasteiger partial charge on any atom is 0.228 e. The first-order chi connectivity index (χ1) is 15.6. The monoisotopic (exact) mass is 431 g/mol. The lowest BCUT2D eigenvalue weighted by molar-refractivity contribution is -0.138. The summed E-state index contributed by atoms with van der Waals surface area (Å²) < 4.78 is 0. The summed E-state index contributed by atoms with van der Waals surface area (Å²) in [6.45, 7) is 1.56. The van der Waals surface area contributed by atoms with Crippen molar-refractivity contribution >= 4 is 29.1 Å². The maximum absolute atomic E-state index is 13.0. The minimum absolute atomic E-state index is 0.00170. The van der Waals surface area contributed by atoms with E-state index in [9.17, 15) is 14.4 Å². The van der Waals surface area contributed by atoms with E-state index in [1.165, 1.54) is 17.5 Å². The number of hydrogen-bond acceptors (Lipinski definition) is 3. The van der Waals surface area contributed by atoms with Crippen molar-refractivity contribution in [2.24, 2.45) is 11.8 Å². The van der Waals surface area contributed by atoms with Gasteiger partial charge in [-0.05, 0) is 67.5 Å². The van der Waals surface area contributed by atoms with E-state index in [4.69, 9.17) is 0 Å². The highest BCUT2D eigenvalue weighted by Gasteiger charge is 2.38. The molecule has 0 saturated carbocycles. The molecule has 2 fully saturated rings. The molecule has 2 saturated heterocycles. The Labute approximate surface area is 188 Å². The third kappa shape index (κ3) is 4.14. The first-order valence-electron chi connectivity index (χ1n) is 11.7. The summed E-state index contributed by atoms with van der Waals surface area (Å²) in [5.74, 6) is -0.313. The Morgan fingerprint density at radius 1 is 0.906 bits per heavy atom. The summed E-state index contributed by atoms with van der Waals surface area (Å²) in [5, 5.41) is 3.08. The molecule has 3 amide bonds. The van der Waals surface area contributed by atoms with Crippen molar-refractivity contribution in [3.05, 3.63) is 59.7 Å². The van der Waals surface area contributed by atoms with Gasteiger partial charge in [0.1, 0.15) is 0 Å². The second-order valence-corrected chi connectivity index (χ2v) is 9.17. The number of hydrogen-bond donors (Lipinski definition) is 1. The smallest absolute Gasteiger partial charge is 0.228 e. The fourth-order valence-electron chi connectivity index (χ4n) is 5.24. The SMILES string of the molecule is O=C(Nc1ccc2c(c1)CCC2)C1CCN(C(=O)C2CC(=O)N(c3ccccc3)C2)CC1. The zero-order valence-corrected chi connectivity index (χ0v) is 18.3. The van der Waals surface area contributed by atoms with E-state index >= 15 is 0 Å². The fraction of sp³-hybridized carbons (Fsp3) is 0.423. The van der Waals surface area contributed by atoms with E-state index in [1.807, 2.05) is 41.3 Å². The minimum Gasteiger partial charge on any atom is -0.342 e. The predicted octanol–water partition coefficient (Wildman–Crippen LogP) is 3.41. The maximum atomic E-state index is 13.0. The van der Waals surface area contributed by atoms with Gasteiger partial charge in [0, 0.05) is 43.3 Å². The van der Waals surface area contributed by atoms with Crippen LogP contribution in [-0.4, -0.2) is 42.3 Å². The number of fused-ring (bicyclic) bond motifs is 1. The molecular weight excluding hydrogens is 402 g/mol. The molecule has 2 heterocycles. The zero-order chi connectivity index (χ0) is 22.1. The van der Waals surface area contributed by atoms with Crippen molar-refractivity contribution < 1.29 is 14.4 Å². The molecule has 32 heavy (non-hydrogen) atoms. The molecule has 0 spiro atoms. The van der Waals surface area contributed by atoms with Gasteiger partial charge in [0.15, 0.2) is 0 Å². The van der Waals surface area contributed by atoms with Crippen LogP contribution in [0.2, 0.25) is 0 Å². The average Bonchev–Trinajstić information content (AvgIpc) is 3.45. The molecule has 0 aromatic heterocycles. The number of carbonyl (C=O) groups excluding carboxylic acids is 3. The lowest BCUT2D eigenvalue weighted by atomic mass is 9.94. The van der Waals surface area contributed by atoms with Gasteiger partial charge >= 0.3 is 0 Å². The summed E-state index contributed by atoms with van der Waals surface area (Å²) >= 11 is 0. The number of aryl methyl sites for hydroxylation is 2. The van der Waals surface area contributed by atoms with Gasteiger partial charge in [0.25, 0.3) is 0 Å². The van der Waals surface area contributed by atoms with E-state index in [1.54, 1.807) is 4.90 Å². The van der Waals surface area contributed by atoms with E-state index in [2.05, 4.69) is 17.4 Å². The van der Waals surface area contributed by atoms with Crippen LogP contribution in [0, 0.1) is 11.8 Å². The van der Waals surface area contributed by atoms with Crippen molar-refractivity contribution in [3.8, 4) is 0 Å². The van der Waals surface area contributed by atoms with Crippen LogP contribution in [0.15, 0.2) is 48.5 Å². The lowest BCUT2D eigenvalue weighted by Gasteiger charge is -2.33. The second kappa shape index (κ2) is 8.77. The van der Waals surface area contributed by atoms with Crippen molar-refractivity contribution in [2.45, 2.75) is 38.5 Å². The number of amides is 3. The number of anilines is 2. The molecule has 5 rings (SSSR count). The first-order valence-corrected chi connectivity index (χ1v) is 11.7. The van der Waals surface area contributed by atoms with Crippen LogP contribution in [0.3, 0.4) is 0 Å². The number of piperidine rings is 1. The van der Waals surface area contributed by atoms with Crippen LogP contribution < -0.4 is 10.2 Å². The van der Waals surface area contributed by atoms with Crippen molar-refractivity contribution in [1.29, 1.82) is 0 Å². The van der Waals surface area contributed by atoms with Gasteiger partial charge in [-0.1, -0.05) is 24.3 Å². The summed E-state index contributed by atoms with van der Waals surface area (Å²) in [6, 6.07) is 15.7. The van der Waals surface area contributed by atoms with E-state index in [0.717, 1.165) is 24.2 Å². The Kier molecular flexibility index (Phi) is 5.68. The fourth-order valence-corrected chi connectivity index (χ4v) is 5.24. The van der Waals surface area contributed by atoms with Crippen LogP contribution in [-0.2, 0) is 27.2 Å². The zero-order valence-electron chi connectivity index (χ0n) is 18.3. The number of likely N-dealkylation sites (tertiary alicyclic amines) is 1. The molecule has 1 atom stereocenters. The van der Waals surface area contributed by atoms with Crippen molar-refractivity contribution in [2.75, 3.05) is 29.9 Å². The average molecular weight is 432 g/mol. The summed E-state index contributed by atoms with van der Waals surface area (Å²) in [5.41, 5.74) is 4.46. The molecule has 1 aliphatic carbocycles. The van der Waals surface area contributed by atoms with Gasteiger partial charge in [-0.2, -0.15) is 0 Å². The standard InChI is InChI=1S/C26H29N3O3/c30-24-16-21(17-29(24)23-7-2-1-3-8-23)26(32)28-13-11-19(12-14-28)25(31)27-22-10-9-18-5-4-6-20(18)15-22/h1-3,7-10,15,19,21H,4-6,11-14,16-17H2,(H,27,31). The number of para-hydroxylation sites is 1. The molecule has 3 aliphatic rings. The van der Waals surface area contributed by atoms with Gasteiger partial charge in [-0.25, -0.2) is 0 Å². The van der Waals surface area contributed by atoms with E-state index in [-0.39, 0.29) is 36.0 Å². The number of rotatable bonds is 4. The molecule has 0 bridgehead atoms. The second-order valence-electron chi connectivity index (χ2n) is 9.17. The number of nitrogens with one attached hydrogen (secondary N) is 1. The van der Waals surface area contributed by atoms with Gasteiger partial charge < -0.3 is 15.1 Å². The quantitative estimate of drug-likeness (QED) is 0.807. The Morgan fingerprint density at radius 2 is 1.66 bits per heavy atom. The van der Waals surface area contributed by atoms with Crippen LogP contribution >= 0.6 is 0 Å². The largest absolute Gasteiger partial charge is 0.342 e. The van der Waals surface area contributed by atoms with Crippen LogP contribution in [0.4, 0.5) is 11.4 Å². The molecule has 1 unspecified atom stereocenters. The van der Waals surface area contributed by atoms with Crippen LogP contribution in [0.25, 0.3) is 0 Å². The topological polar surface area (TPSA) is 69.7 Å². The van der Waals surface area contributed by atoms with Gasteiger partial charge in [0.2, 0.25) is 17.7 Å². The van der Waals surface area contributed by atoms with Gasteiger partial charge in [-0.3, -0.25) is 14.4 Å². The third-order valence-electron chi connectivity index (χ3n) is 7.09. The van der Waals surface area contributed by atoms with Crippen molar-refractivity contribution in [1.82, 2.24) is 4.90 Å². The van der Waals surface area contributed by atoms with E-state index in [0.29, 0.717) is 32.5 Å². The molecule has 6 nitrogen and oxygen atoms in total. The molecule has 0 radical (unpaired) electrons. The highest BCUT2D eigenvalue weighted by atomic mass is 16.2. The first kappa shape index (κ1) is 20.7. The lowest BCUT2D eigenvalue weighted by Crippen LogP contribution is -2.44. The number of nitrogens with zero attached hydrogens (tertiary/aromatic N) is 2. The molecule has 2 aromatic carbocycles. The van der Waals surface area contributed by atoms with Crippen LogP contribution in [0.5, 0.6) is 0 Å². The Morgan fingerprint density at radius 3 is 2.44 bits per heavy atom.